The molecule has 0 bridgehead atoms. The van der Waals surface area contributed by atoms with Gasteiger partial charge in [0.25, 0.3) is 0 Å². The van der Waals surface area contributed by atoms with Crippen molar-refractivity contribution >= 4 is 29.2 Å². The maximum absolute atomic E-state index is 12.2. The molecule has 1 fully saturated rings. The fraction of sp³-hybridized carbons (Fsp3) is 0.471. The molecule has 1 aliphatic heterocycles. The van der Waals surface area contributed by atoms with Crippen molar-refractivity contribution in [3.05, 3.63) is 34.9 Å². The molecule has 0 saturated carbocycles. The summed E-state index contributed by atoms with van der Waals surface area (Å²) in [6.45, 7) is 4.69. The number of carbonyl (C=O) groups excluding carboxylic acids is 3. The van der Waals surface area contributed by atoms with E-state index in [0.717, 1.165) is 0 Å². The molecule has 0 radical (unpaired) electrons. The van der Waals surface area contributed by atoms with Crippen molar-refractivity contribution in [1.29, 1.82) is 0 Å². The second kappa shape index (κ2) is 8.80. The molecule has 130 valence electrons. The van der Waals surface area contributed by atoms with Crippen LogP contribution in [0.2, 0.25) is 5.02 Å². The smallest absolute Gasteiger partial charge is 0.224 e. The Kier molecular flexibility index (Phi) is 6.75. The van der Waals surface area contributed by atoms with Gasteiger partial charge in [-0.15, -0.1) is 0 Å². The standard InChI is InChI=1S/C17H22ClN3O3/c1-13(22)19-7-6-17(24)21-10-8-20(9-11-21)12-16(23)14-2-4-15(18)5-3-14/h2-5H,6-12H2,1H3,(H,19,22). The minimum absolute atomic E-state index is 0.0347. The Balaban J connectivity index is 1.74. The van der Waals surface area contributed by atoms with E-state index in [1.165, 1.54) is 6.92 Å². The molecule has 0 aliphatic carbocycles. The number of piperazine rings is 1. The first-order valence-corrected chi connectivity index (χ1v) is 8.37. The van der Waals surface area contributed by atoms with Gasteiger partial charge in [-0.2, -0.15) is 0 Å². The van der Waals surface area contributed by atoms with Crippen LogP contribution in [0.5, 0.6) is 0 Å². The molecule has 7 heteroatoms. The first kappa shape index (κ1) is 18.4. The van der Waals surface area contributed by atoms with Gasteiger partial charge in [0, 0.05) is 56.7 Å². The highest BCUT2D eigenvalue weighted by atomic mass is 35.5. The van der Waals surface area contributed by atoms with Gasteiger partial charge in [-0.05, 0) is 24.3 Å². The van der Waals surface area contributed by atoms with E-state index in [4.69, 9.17) is 11.6 Å². The number of hydrogen-bond acceptors (Lipinski definition) is 4. The summed E-state index contributed by atoms with van der Waals surface area (Å²) in [5, 5.41) is 3.23. The van der Waals surface area contributed by atoms with Gasteiger partial charge in [-0.1, -0.05) is 11.6 Å². The lowest BCUT2D eigenvalue weighted by Gasteiger charge is -2.34. The summed E-state index contributed by atoms with van der Waals surface area (Å²) in [6, 6.07) is 6.87. The third-order valence-electron chi connectivity index (χ3n) is 3.97. The van der Waals surface area contributed by atoms with Gasteiger partial charge < -0.3 is 10.2 Å². The van der Waals surface area contributed by atoms with Crippen molar-refractivity contribution in [2.75, 3.05) is 39.3 Å². The van der Waals surface area contributed by atoms with Crippen LogP contribution in [0.15, 0.2) is 24.3 Å². The molecule has 1 N–H and O–H groups in total. The molecular weight excluding hydrogens is 330 g/mol. The van der Waals surface area contributed by atoms with Crippen LogP contribution >= 0.6 is 11.6 Å². The monoisotopic (exact) mass is 351 g/mol. The lowest BCUT2D eigenvalue weighted by atomic mass is 10.1. The molecule has 0 aromatic heterocycles. The van der Waals surface area contributed by atoms with Crippen molar-refractivity contribution in [1.82, 2.24) is 15.1 Å². The molecule has 24 heavy (non-hydrogen) atoms. The van der Waals surface area contributed by atoms with Crippen molar-refractivity contribution in [3.8, 4) is 0 Å². The molecule has 1 heterocycles. The zero-order valence-electron chi connectivity index (χ0n) is 13.8. The van der Waals surface area contributed by atoms with Crippen LogP contribution in [-0.2, 0) is 9.59 Å². The Morgan fingerprint density at radius 2 is 1.71 bits per heavy atom. The Morgan fingerprint density at radius 3 is 2.29 bits per heavy atom. The summed E-state index contributed by atoms with van der Waals surface area (Å²) >= 11 is 5.83. The topological polar surface area (TPSA) is 69.7 Å². The largest absolute Gasteiger partial charge is 0.356 e. The molecule has 1 aromatic rings. The number of nitrogens with zero attached hydrogens (tertiary/aromatic N) is 2. The third kappa shape index (κ3) is 5.62. The van der Waals surface area contributed by atoms with E-state index in [9.17, 15) is 14.4 Å². The SMILES string of the molecule is CC(=O)NCCC(=O)N1CCN(CC(=O)c2ccc(Cl)cc2)CC1. The maximum atomic E-state index is 12.2. The number of carbonyl (C=O) groups is 3. The summed E-state index contributed by atoms with van der Waals surface area (Å²) in [5.41, 5.74) is 0.646. The highest BCUT2D eigenvalue weighted by molar-refractivity contribution is 6.30. The Bertz CT molecular complexity index is 596. The van der Waals surface area contributed by atoms with Crippen molar-refractivity contribution < 1.29 is 14.4 Å². The number of hydrogen-bond donors (Lipinski definition) is 1. The average molecular weight is 352 g/mol. The van der Waals surface area contributed by atoms with Crippen LogP contribution < -0.4 is 5.32 Å². The molecule has 2 rings (SSSR count). The summed E-state index contributed by atoms with van der Waals surface area (Å²) in [7, 11) is 0. The Labute approximate surface area is 146 Å². The lowest BCUT2D eigenvalue weighted by Crippen LogP contribution is -2.50. The van der Waals surface area contributed by atoms with Crippen molar-refractivity contribution in [2.45, 2.75) is 13.3 Å². The van der Waals surface area contributed by atoms with Gasteiger partial charge in [0.1, 0.15) is 0 Å². The minimum Gasteiger partial charge on any atom is -0.356 e. The number of ketones is 1. The fourth-order valence-corrected chi connectivity index (χ4v) is 2.72. The summed E-state index contributed by atoms with van der Waals surface area (Å²) < 4.78 is 0. The van der Waals surface area contributed by atoms with Crippen molar-refractivity contribution in [2.24, 2.45) is 0 Å². The zero-order chi connectivity index (χ0) is 17.5. The number of Topliss-reactive ketones (excluding diaryl/α,β-unsaturated/α-hetero) is 1. The number of rotatable bonds is 6. The van der Waals surface area contributed by atoms with Crippen LogP contribution in [0.25, 0.3) is 0 Å². The van der Waals surface area contributed by atoms with E-state index >= 15 is 0 Å². The summed E-state index contributed by atoms with van der Waals surface area (Å²) in [4.78, 5) is 38.9. The Hall–Kier alpha value is -1.92. The first-order chi connectivity index (χ1) is 11.5. The predicted molar refractivity (Wildman–Crippen MR) is 92.1 cm³/mol. The fourth-order valence-electron chi connectivity index (χ4n) is 2.59. The van der Waals surface area contributed by atoms with Crippen LogP contribution in [0.4, 0.5) is 0 Å². The molecule has 1 aromatic carbocycles. The number of amides is 2. The highest BCUT2D eigenvalue weighted by Gasteiger charge is 2.22. The van der Waals surface area contributed by atoms with Gasteiger partial charge in [0.2, 0.25) is 11.8 Å². The van der Waals surface area contributed by atoms with Crippen LogP contribution in [0.1, 0.15) is 23.7 Å². The third-order valence-corrected chi connectivity index (χ3v) is 4.22. The summed E-state index contributed by atoms with van der Waals surface area (Å²) in [6.07, 6.45) is 0.309. The molecular formula is C17H22ClN3O3. The molecule has 6 nitrogen and oxygen atoms in total. The summed E-state index contributed by atoms with van der Waals surface area (Å²) in [5.74, 6) is -0.0436. The number of halogens is 1. The van der Waals surface area contributed by atoms with Gasteiger partial charge in [-0.3, -0.25) is 19.3 Å². The molecule has 2 amide bonds. The predicted octanol–water partition coefficient (Wildman–Crippen LogP) is 1.19. The van der Waals surface area contributed by atoms with E-state index in [2.05, 4.69) is 10.2 Å². The van der Waals surface area contributed by atoms with Gasteiger partial charge in [-0.25, -0.2) is 0 Å². The van der Waals surface area contributed by atoms with Crippen LogP contribution in [-0.4, -0.2) is 66.7 Å². The van der Waals surface area contributed by atoms with E-state index in [1.54, 1.807) is 29.2 Å². The molecule has 0 spiro atoms. The normalized spacial score (nSPS) is 15.2. The van der Waals surface area contributed by atoms with Gasteiger partial charge in [0.15, 0.2) is 5.78 Å². The van der Waals surface area contributed by atoms with Gasteiger partial charge >= 0.3 is 0 Å². The van der Waals surface area contributed by atoms with Crippen molar-refractivity contribution in [3.63, 3.8) is 0 Å². The average Bonchev–Trinajstić information content (AvgIpc) is 2.55. The first-order valence-electron chi connectivity index (χ1n) is 7.99. The molecule has 0 atom stereocenters. The van der Waals surface area contributed by atoms with Crippen LogP contribution in [0, 0.1) is 0 Å². The quantitative estimate of drug-likeness (QED) is 0.782. The number of nitrogens with one attached hydrogen (secondary N) is 1. The molecule has 1 aliphatic rings. The molecule has 1 saturated heterocycles. The van der Waals surface area contributed by atoms with E-state index in [-0.39, 0.29) is 17.6 Å². The lowest BCUT2D eigenvalue weighted by molar-refractivity contribution is -0.132. The van der Waals surface area contributed by atoms with Crippen LogP contribution in [0.3, 0.4) is 0 Å². The highest BCUT2D eigenvalue weighted by Crippen LogP contribution is 2.11. The Morgan fingerprint density at radius 1 is 1.08 bits per heavy atom. The zero-order valence-corrected chi connectivity index (χ0v) is 14.5. The molecule has 0 unspecified atom stereocenters. The van der Waals surface area contributed by atoms with E-state index in [0.29, 0.717) is 56.3 Å². The number of benzene rings is 1. The second-order valence-electron chi connectivity index (χ2n) is 5.82. The van der Waals surface area contributed by atoms with E-state index < -0.39 is 0 Å². The van der Waals surface area contributed by atoms with E-state index in [1.807, 2.05) is 0 Å². The second-order valence-corrected chi connectivity index (χ2v) is 6.26. The maximum Gasteiger partial charge on any atom is 0.224 e. The minimum atomic E-state index is -0.131. The van der Waals surface area contributed by atoms with Gasteiger partial charge in [0.05, 0.1) is 6.54 Å².